The molecule has 0 aliphatic carbocycles. The van der Waals surface area contributed by atoms with Gasteiger partial charge in [0.15, 0.2) is 0 Å². The third-order valence-electron chi connectivity index (χ3n) is 4.44. The van der Waals surface area contributed by atoms with E-state index < -0.39 is 10.0 Å². The first-order valence-electron chi connectivity index (χ1n) is 8.46. The van der Waals surface area contributed by atoms with Gasteiger partial charge in [-0.15, -0.1) is 0 Å². The summed E-state index contributed by atoms with van der Waals surface area (Å²) in [5.41, 5.74) is 1.94. The molecular weight excluding hydrogens is 372 g/mol. The number of carbonyl (C=O) groups excluding carboxylic acids is 1. The fourth-order valence-electron chi connectivity index (χ4n) is 3.03. The maximum Gasteiger partial charge on any atom is 0.253 e. The molecule has 1 fully saturated rings. The molecular formula is C19H21ClN2O3S. The van der Waals surface area contributed by atoms with Gasteiger partial charge in [0.1, 0.15) is 0 Å². The minimum atomic E-state index is -3.47. The molecule has 2 aromatic carbocycles. The summed E-state index contributed by atoms with van der Waals surface area (Å²) in [5, 5.41) is 0.601. The fourth-order valence-corrected chi connectivity index (χ4v) is 4.04. The van der Waals surface area contributed by atoms with Crippen LogP contribution in [0.4, 0.5) is 5.69 Å². The Hall–Kier alpha value is -2.05. The zero-order valence-electron chi connectivity index (χ0n) is 14.6. The Balaban J connectivity index is 1.82. The smallest absolute Gasteiger partial charge is 0.253 e. The highest BCUT2D eigenvalue weighted by atomic mass is 35.5. The Kier molecular flexibility index (Phi) is 5.53. The van der Waals surface area contributed by atoms with E-state index in [1.54, 1.807) is 48.5 Å². The van der Waals surface area contributed by atoms with Crippen molar-refractivity contribution < 1.29 is 13.2 Å². The minimum absolute atomic E-state index is 0.00217. The number of rotatable bonds is 5. The number of carbonyl (C=O) groups is 1. The summed E-state index contributed by atoms with van der Waals surface area (Å²) in [6.07, 6.45) is 3.24. The van der Waals surface area contributed by atoms with Crippen molar-refractivity contribution in [2.75, 3.05) is 23.7 Å². The third-order valence-corrected chi connectivity index (χ3v) is 5.83. The molecule has 138 valence electrons. The van der Waals surface area contributed by atoms with E-state index in [4.69, 9.17) is 11.6 Å². The maximum atomic E-state index is 12.4. The molecule has 5 nitrogen and oxygen atoms in total. The topological polar surface area (TPSA) is 57.7 Å². The van der Waals surface area contributed by atoms with Gasteiger partial charge in [0.2, 0.25) is 10.0 Å². The lowest BCUT2D eigenvalue weighted by Gasteiger charge is -2.23. The number of halogens is 1. The van der Waals surface area contributed by atoms with Crippen LogP contribution in [0.15, 0.2) is 48.5 Å². The van der Waals surface area contributed by atoms with Crippen LogP contribution in [0.1, 0.15) is 28.8 Å². The van der Waals surface area contributed by atoms with E-state index in [1.807, 2.05) is 4.90 Å². The molecule has 2 aromatic rings. The van der Waals surface area contributed by atoms with Crippen LogP contribution in [0.5, 0.6) is 0 Å². The zero-order valence-corrected chi connectivity index (χ0v) is 16.1. The van der Waals surface area contributed by atoms with Crippen molar-refractivity contribution >= 4 is 33.2 Å². The van der Waals surface area contributed by atoms with Gasteiger partial charge < -0.3 is 4.90 Å². The first-order chi connectivity index (χ1) is 12.3. The van der Waals surface area contributed by atoms with Gasteiger partial charge in [-0.2, -0.15) is 0 Å². The Morgan fingerprint density at radius 2 is 1.62 bits per heavy atom. The van der Waals surface area contributed by atoms with Gasteiger partial charge in [0, 0.05) is 23.7 Å². The zero-order chi connectivity index (χ0) is 18.7. The largest absolute Gasteiger partial charge is 0.339 e. The van der Waals surface area contributed by atoms with Gasteiger partial charge in [-0.25, -0.2) is 8.42 Å². The summed E-state index contributed by atoms with van der Waals surface area (Å²) in [5.74, 6) is -0.00217. The quantitative estimate of drug-likeness (QED) is 0.781. The molecule has 7 heteroatoms. The summed E-state index contributed by atoms with van der Waals surface area (Å²) in [7, 11) is -3.47. The first-order valence-corrected chi connectivity index (χ1v) is 10.7. The van der Waals surface area contributed by atoms with Gasteiger partial charge in [0.05, 0.1) is 18.5 Å². The van der Waals surface area contributed by atoms with Crippen molar-refractivity contribution in [2.24, 2.45) is 0 Å². The number of nitrogens with zero attached hydrogens (tertiary/aromatic N) is 2. The third kappa shape index (κ3) is 4.37. The van der Waals surface area contributed by atoms with Crippen LogP contribution in [0.2, 0.25) is 5.02 Å². The second-order valence-corrected chi connectivity index (χ2v) is 8.79. The summed E-state index contributed by atoms with van der Waals surface area (Å²) < 4.78 is 25.8. The molecule has 0 spiro atoms. The predicted molar refractivity (Wildman–Crippen MR) is 104 cm³/mol. The number of likely N-dealkylation sites (tertiary alicyclic amines) is 1. The molecule has 0 unspecified atom stereocenters. The standard InChI is InChI=1S/C19H21ClN2O3S/c1-26(24,25)22(14-15-4-8-17(20)9-5-15)18-10-6-16(7-11-18)19(23)21-12-2-3-13-21/h4-11H,2-3,12-14H2,1H3. The molecule has 1 heterocycles. The SMILES string of the molecule is CS(=O)(=O)N(Cc1ccc(Cl)cc1)c1ccc(C(=O)N2CCCC2)cc1. The van der Waals surface area contributed by atoms with Crippen molar-refractivity contribution in [1.82, 2.24) is 4.90 Å². The van der Waals surface area contributed by atoms with E-state index in [2.05, 4.69) is 0 Å². The van der Waals surface area contributed by atoms with Crippen molar-refractivity contribution in [3.63, 3.8) is 0 Å². The number of sulfonamides is 1. The van der Waals surface area contributed by atoms with Crippen LogP contribution in [0.3, 0.4) is 0 Å². The van der Waals surface area contributed by atoms with Crippen molar-refractivity contribution in [1.29, 1.82) is 0 Å². The number of anilines is 1. The predicted octanol–water partition coefficient (Wildman–Crippen LogP) is 3.54. The molecule has 26 heavy (non-hydrogen) atoms. The first kappa shape index (κ1) is 18.7. The van der Waals surface area contributed by atoms with E-state index in [0.717, 1.165) is 31.5 Å². The van der Waals surface area contributed by atoms with Crippen LogP contribution >= 0.6 is 11.6 Å². The van der Waals surface area contributed by atoms with E-state index in [9.17, 15) is 13.2 Å². The number of hydrogen-bond donors (Lipinski definition) is 0. The molecule has 0 aromatic heterocycles. The van der Waals surface area contributed by atoms with Crippen LogP contribution in [-0.2, 0) is 16.6 Å². The Morgan fingerprint density at radius 3 is 2.15 bits per heavy atom. The molecule has 0 atom stereocenters. The summed E-state index contributed by atoms with van der Waals surface area (Å²) in [6, 6.07) is 13.8. The summed E-state index contributed by atoms with van der Waals surface area (Å²) >= 11 is 5.89. The molecule has 0 bridgehead atoms. The van der Waals surface area contributed by atoms with Gasteiger partial charge in [0.25, 0.3) is 5.91 Å². The highest BCUT2D eigenvalue weighted by Crippen LogP contribution is 2.23. The van der Waals surface area contributed by atoms with Crippen LogP contribution in [-0.4, -0.2) is 38.6 Å². The van der Waals surface area contributed by atoms with Crippen LogP contribution < -0.4 is 4.31 Å². The maximum absolute atomic E-state index is 12.4. The van der Waals surface area contributed by atoms with Crippen LogP contribution in [0.25, 0.3) is 0 Å². The normalized spacial score (nSPS) is 14.5. The van der Waals surface area contributed by atoms with Gasteiger partial charge in [-0.05, 0) is 54.8 Å². The molecule has 1 aliphatic heterocycles. The molecule has 0 saturated carbocycles. The average molecular weight is 393 g/mol. The van der Waals surface area contributed by atoms with Crippen LogP contribution in [0, 0.1) is 0 Å². The fraction of sp³-hybridized carbons (Fsp3) is 0.316. The monoisotopic (exact) mass is 392 g/mol. The Labute approximate surface area is 159 Å². The van der Waals surface area contributed by atoms with Crippen molar-refractivity contribution in [2.45, 2.75) is 19.4 Å². The number of amides is 1. The summed E-state index contributed by atoms with van der Waals surface area (Å²) in [4.78, 5) is 14.3. The summed E-state index contributed by atoms with van der Waals surface area (Å²) in [6.45, 7) is 1.77. The Bertz CT molecular complexity index is 874. The second kappa shape index (κ2) is 7.68. The Morgan fingerprint density at radius 1 is 1.04 bits per heavy atom. The molecule has 0 radical (unpaired) electrons. The van der Waals surface area contributed by atoms with Gasteiger partial charge in [-0.1, -0.05) is 23.7 Å². The lowest BCUT2D eigenvalue weighted by molar-refractivity contribution is 0.0793. The lowest BCUT2D eigenvalue weighted by Crippen LogP contribution is -2.30. The molecule has 1 amide bonds. The molecule has 3 rings (SSSR count). The van der Waals surface area contributed by atoms with E-state index in [1.165, 1.54) is 10.6 Å². The van der Waals surface area contributed by atoms with Crippen molar-refractivity contribution in [3.05, 3.63) is 64.7 Å². The molecule has 1 aliphatic rings. The number of benzene rings is 2. The van der Waals surface area contributed by atoms with Crippen molar-refractivity contribution in [3.8, 4) is 0 Å². The molecule has 0 N–H and O–H groups in total. The lowest BCUT2D eigenvalue weighted by atomic mass is 10.1. The number of hydrogen-bond acceptors (Lipinski definition) is 3. The van der Waals surface area contributed by atoms with Gasteiger partial charge >= 0.3 is 0 Å². The van der Waals surface area contributed by atoms with E-state index in [0.29, 0.717) is 16.3 Å². The van der Waals surface area contributed by atoms with Gasteiger partial charge in [-0.3, -0.25) is 9.10 Å². The highest BCUT2D eigenvalue weighted by Gasteiger charge is 2.21. The van der Waals surface area contributed by atoms with E-state index >= 15 is 0 Å². The van der Waals surface area contributed by atoms with E-state index in [-0.39, 0.29) is 12.5 Å². The highest BCUT2D eigenvalue weighted by molar-refractivity contribution is 7.92. The molecule has 1 saturated heterocycles. The average Bonchev–Trinajstić information content (AvgIpc) is 3.14. The second-order valence-electron chi connectivity index (χ2n) is 6.44. The minimum Gasteiger partial charge on any atom is -0.339 e.